The molecule has 0 atom stereocenters. The van der Waals surface area contributed by atoms with Crippen LogP contribution >= 0.6 is 0 Å². The number of terminal acetylenes is 1. The Kier molecular flexibility index (Phi) is 8.83. The van der Waals surface area contributed by atoms with Gasteiger partial charge in [-0.2, -0.15) is 0 Å². The Balaban J connectivity index is 1.19. The molecular weight excluding hydrogens is 418 g/mol. The molecule has 1 aliphatic heterocycles. The highest BCUT2D eigenvalue weighted by Gasteiger charge is 2.36. The monoisotopic (exact) mass is 458 g/mol. The second-order valence-electron chi connectivity index (χ2n) is 10.7. The number of benzene rings is 1. The van der Waals surface area contributed by atoms with E-state index < -0.39 is 11.6 Å². The van der Waals surface area contributed by atoms with Gasteiger partial charge in [-0.3, -0.25) is 0 Å². The Bertz CT molecular complexity index is 769. The summed E-state index contributed by atoms with van der Waals surface area (Å²) in [6.07, 6.45) is 19.7. The number of rotatable bonds is 7. The molecular formula is C29H40F2O2. The zero-order valence-electron chi connectivity index (χ0n) is 20.2. The molecule has 1 aromatic rings. The summed E-state index contributed by atoms with van der Waals surface area (Å²) < 4.78 is 40.7. The molecule has 33 heavy (non-hydrogen) atoms. The summed E-state index contributed by atoms with van der Waals surface area (Å²) in [4.78, 5) is 0. The van der Waals surface area contributed by atoms with Gasteiger partial charge < -0.3 is 9.47 Å². The maximum Gasteiger partial charge on any atom is 0.160 e. The van der Waals surface area contributed by atoms with Crippen molar-refractivity contribution >= 4 is 0 Å². The van der Waals surface area contributed by atoms with E-state index in [1.54, 1.807) is 0 Å². The quantitative estimate of drug-likeness (QED) is 0.309. The van der Waals surface area contributed by atoms with Gasteiger partial charge in [0.1, 0.15) is 11.6 Å². The van der Waals surface area contributed by atoms with E-state index in [-0.39, 0.29) is 17.8 Å². The highest BCUT2D eigenvalue weighted by Crippen LogP contribution is 2.41. The van der Waals surface area contributed by atoms with E-state index in [0.717, 1.165) is 56.3 Å². The molecule has 0 unspecified atom stereocenters. The van der Waals surface area contributed by atoms with Gasteiger partial charge in [-0.25, -0.2) is 8.78 Å². The zero-order chi connectivity index (χ0) is 23.2. The van der Waals surface area contributed by atoms with Gasteiger partial charge in [-0.1, -0.05) is 51.4 Å². The van der Waals surface area contributed by atoms with Gasteiger partial charge in [0.2, 0.25) is 0 Å². The molecule has 0 spiro atoms. The van der Waals surface area contributed by atoms with E-state index in [2.05, 4.69) is 12.8 Å². The van der Waals surface area contributed by atoms with Crippen LogP contribution in [0.4, 0.5) is 8.78 Å². The topological polar surface area (TPSA) is 18.5 Å². The van der Waals surface area contributed by atoms with Crippen LogP contribution in [0.2, 0.25) is 0 Å². The Labute approximate surface area is 198 Å². The number of unbranched alkanes of at least 4 members (excludes halogenated alkanes) is 2. The van der Waals surface area contributed by atoms with Gasteiger partial charge in [0.05, 0.1) is 18.8 Å². The first-order valence-corrected chi connectivity index (χ1v) is 13.3. The summed E-state index contributed by atoms with van der Waals surface area (Å²) in [5, 5.41) is 0. The molecule has 1 heterocycles. The van der Waals surface area contributed by atoms with E-state index in [4.69, 9.17) is 15.9 Å². The fraction of sp³-hybridized carbons (Fsp3) is 0.724. The maximum absolute atomic E-state index is 14.1. The average molecular weight is 459 g/mol. The van der Waals surface area contributed by atoms with Crippen molar-refractivity contribution in [3.63, 3.8) is 0 Å². The molecule has 2 aliphatic carbocycles. The SMILES string of the molecule is C#Cc1c(F)cc(C2CCC(C3OCC(C4CCC(CCCCC)CC4)CO3)CC2)cc1F. The molecule has 4 heteroatoms. The third-order valence-corrected chi connectivity index (χ3v) is 8.56. The van der Waals surface area contributed by atoms with Crippen LogP contribution in [0.25, 0.3) is 0 Å². The number of ether oxygens (including phenoxy) is 2. The van der Waals surface area contributed by atoms with Crippen molar-refractivity contribution in [1.29, 1.82) is 0 Å². The molecule has 182 valence electrons. The summed E-state index contributed by atoms with van der Waals surface area (Å²) in [7, 11) is 0. The van der Waals surface area contributed by atoms with Gasteiger partial charge >= 0.3 is 0 Å². The van der Waals surface area contributed by atoms with Crippen LogP contribution in [0.15, 0.2) is 12.1 Å². The second-order valence-corrected chi connectivity index (χ2v) is 10.7. The summed E-state index contributed by atoms with van der Waals surface area (Å²) in [5.74, 6) is 3.60. The molecule has 1 aromatic carbocycles. The first-order chi connectivity index (χ1) is 16.1. The van der Waals surface area contributed by atoms with Crippen LogP contribution in [-0.4, -0.2) is 19.5 Å². The van der Waals surface area contributed by atoms with Crippen LogP contribution in [0.3, 0.4) is 0 Å². The van der Waals surface area contributed by atoms with Crippen LogP contribution in [0.1, 0.15) is 101 Å². The molecule has 0 amide bonds. The van der Waals surface area contributed by atoms with Crippen molar-refractivity contribution in [2.24, 2.45) is 23.7 Å². The Morgan fingerprint density at radius 2 is 1.45 bits per heavy atom. The highest BCUT2D eigenvalue weighted by atomic mass is 19.1. The lowest BCUT2D eigenvalue weighted by atomic mass is 9.74. The molecule has 1 saturated heterocycles. The third kappa shape index (κ3) is 6.17. The number of hydrogen-bond acceptors (Lipinski definition) is 2. The molecule has 0 bridgehead atoms. The normalized spacial score (nSPS) is 32.9. The molecule has 2 nitrogen and oxygen atoms in total. The third-order valence-electron chi connectivity index (χ3n) is 8.56. The Morgan fingerprint density at radius 3 is 2.03 bits per heavy atom. The summed E-state index contributed by atoms with van der Waals surface area (Å²) in [5.41, 5.74) is 0.453. The summed E-state index contributed by atoms with van der Waals surface area (Å²) in [6.45, 7) is 3.92. The van der Waals surface area contributed by atoms with Crippen molar-refractivity contribution in [3.8, 4) is 12.3 Å². The lowest BCUT2D eigenvalue weighted by molar-refractivity contribution is -0.236. The smallest absolute Gasteiger partial charge is 0.160 e. The molecule has 3 aliphatic rings. The molecule has 0 aromatic heterocycles. The molecule has 4 rings (SSSR count). The van der Waals surface area contributed by atoms with Gasteiger partial charge in [-0.15, -0.1) is 6.42 Å². The highest BCUT2D eigenvalue weighted by molar-refractivity contribution is 5.38. The van der Waals surface area contributed by atoms with Crippen molar-refractivity contribution in [1.82, 2.24) is 0 Å². The van der Waals surface area contributed by atoms with E-state index >= 15 is 0 Å². The summed E-state index contributed by atoms with van der Waals surface area (Å²) in [6, 6.07) is 2.83. The van der Waals surface area contributed by atoms with Crippen molar-refractivity contribution in [2.75, 3.05) is 13.2 Å². The first-order valence-electron chi connectivity index (χ1n) is 13.3. The van der Waals surface area contributed by atoms with Gasteiger partial charge in [-0.05, 0) is 74.0 Å². The fourth-order valence-corrected chi connectivity index (χ4v) is 6.40. The lowest BCUT2D eigenvalue weighted by Crippen LogP contribution is -2.41. The van der Waals surface area contributed by atoms with E-state index in [1.807, 2.05) is 0 Å². The summed E-state index contributed by atoms with van der Waals surface area (Å²) >= 11 is 0. The molecule has 2 saturated carbocycles. The van der Waals surface area contributed by atoms with Crippen molar-refractivity contribution < 1.29 is 18.3 Å². The predicted molar refractivity (Wildman–Crippen MR) is 128 cm³/mol. The van der Waals surface area contributed by atoms with Crippen LogP contribution in [-0.2, 0) is 9.47 Å². The van der Waals surface area contributed by atoms with Crippen LogP contribution in [0.5, 0.6) is 0 Å². The van der Waals surface area contributed by atoms with Crippen molar-refractivity contribution in [3.05, 3.63) is 34.9 Å². The zero-order valence-corrected chi connectivity index (χ0v) is 20.2. The number of hydrogen-bond donors (Lipinski definition) is 0. The Morgan fingerprint density at radius 1 is 0.848 bits per heavy atom. The molecule has 3 fully saturated rings. The van der Waals surface area contributed by atoms with Gasteiger partial charge in [0.15, 0.2) is 6.29 Å². The minimum Gasteiger partial charge on any atom is -0.352 e. The first kappa shape index (κ1) is 24.7. The Hall–Kier alpha value is -1.44. The fourth-order valence-electron chi connectivity index (χ4n) is 6.40. The van der Waals surface area contributed by atoms with E-state index in [9.17, 15) is 8.78 Å². The van der Waals surface area contributed by atoms with Crippen LogP contribution in [0, 0.1) is 47.6 Å². The number of halogens is 2. The minimum absolute atomic E-state index is 0.120. The van der Waals surface area contributed by atoms with Gasteiger partial charge in [0.25, 0.3) is 0 Å². The second kappa shape index (κ2) is 11.8. The largest absolute Gasteiger partial charge is 0.352 e. The van der Waals surface area contributed by atoms with E-state index in [1.165, 1.54) is 63.5 Å². The van der Waals surface area contributed by atoms with Gasteiger partial charge in [0, 0.05) is 11.8 Å². The van der Waals surface area contributed by atoms with E-state index in [0.29, 0.717) is 11.8 Å². The average Bonchev–Trinajstić information content (AvgIpc) is 2.85. The maximum atomic E-state index is 14.1. The molecule has 0 N–H and O–H groups in total. The predicted octanol–water partition coefficient (Wildman–Crippen LogP) is 7.60. The standard InChI is InChI=1S/C29H40F2O2/c1-3-5-6-7-20-8-10-22(11-9-20)25-18-32-29(33-19-25)23-14-12-21(13-15-23)24-16-27(30)26(4-2)28(31)17-24/h2,16-17,20-23,25,29H,3,5-15,18-19H2,1H3. The minimum atomic E-state index is -0.630. The van der Waals surface area contributed by atoms with Crippen LogP contribution < -0.4 is 0 Å². The lowest BCUT2D eigenvalue weighted by Gasteiger charge is -2.41. The van der Waals surface area contributed by atoms with Crippen molar-refractivity contribution in [2.45, 2.75) is 96.2 Å². The molecule has 0 radical (unpaired) electrons.